The third kappa shape index (κ3) is 2.59. The van der Waals surface area contributed by atoms with E-state index in [1.54, 1.807) is 6.07 Å². The molecule has 0 aromatic carbocycles. The molecule has 1 saturated heterocycles. The van der Waals surface area contributed by atoms with Crippen LogP contribution in [0.25, 0.3) is 0 Å². The average Bonchev–Trinajstić information content (AvgIpc) is 3.18. The lowest BCUT2D eigenvalue weighted by molar-refractivity contribution is -0.205. The van der Waals surface area contributed by atoms with Gasteiger partial charge in [-0.15, -0.1) is 0 Å². The summed E-state index contributed by atoms with van der Waals surface area (Å²) in [5.41, 5.74) is -0.733. The van der Waals surface area contributed by atoms with E-state index in [0.29, 0.717) is 19.3 Å². The number of aliphatic hydroxyl groups is 2. The number of ketones is 2. The zero-order valence-electron chi connectivity index (χ0n) is 16.1. The topological polar surface area (TPSA) is 114 Å². The molecule has 2 aliphatic carbocycles. The molecule has 152 valence electrons. The fraction of sp³-hybridized carbons (Fsp3) is 0.667. The molecule has 3 fully saturated rings. The van der Waals surface area contributed by atoms with Crippen molar-refractivity contribution in [3.63, 3.8) is 0 Å². The van der Waals surface area contributed by atoms with Crippen molar-refractivity contribution in [2.24, 2.45) is 28.6 Å². The monoisotopic (exact) mass is 390 g/mol. The Balaban J connectivity index is 1.79. The summed E-state index contributed by atoms with van der Waals surface area (Å²) >= 11 is 0. The van der Waals surface area contributed by atoms with E-state index in [4.69, 9.17) is 9.15 Å². The Kier molecular flexibility index (Phi) is 4.50. The Morgan fingerprint density at radius 3 is 2.68 bits per heavy atom. The SMILES string of the molecule is C[C@@]12CC[C@H]3C(=O)O[C@H](c4ccoc4)C[C@]3(C)[C@H]1C(=O)[C@@H](O)C[C@H]2C(=O)CO. The van der Waals surface area contributed by atoms with Gasteiger partial charge in [-0.3, -0.25) is 14.4 Å². The van der Waals surface area contributed by atoms with E-state index < -0.39 is 47.4 Å². The van der Waals surface area contributed by atoms with Crippen LogP contribution in [0.5, 0.6) is 0 Å². The summed E-state index contributed by atoms with van der Waals surface area (Å²) in [5.74, 6) is -2.75. The van der Waals surface area contributed by atoms with Gasteiger partial charge in [0.15, 0.2) is 11.6 Å². The molecule has 7 nitrogen and oxygen atoms in total. The summed E-state index contributed by atoms with van der Waals surface area (Å²) in [6.45, 7) is 3.19. The summed E-state index contributed by atoms with van der Waals surface area (Å²) in [6, 6.07) is 1.74. The van der Waals surface area contributed by atoms with Gasteiger partial charge in [0.1, 0.15) is 18.8 Å². The predicted molar refractivity (Wildman–Crippen MR) is 95.8 cm³/mol. The van der Waals surface area contributed by atoms with Crippen LogP contribution in [0, 0.1) is 28.6 Å². The Morgan fingerprint density at radius 1 is 1.29 bits per heavy atom. The first-order chi connectivity index (χ1) is 13.2. The summed E-state index contributed by atoms with van der Waals surface area (Å²) in [7, 11) is 0. The Bertz CT molecular complexity index is 800. The molecular weight excluding hydrogens is 364 g/mol. The van der Waals surface area contributed by atoms with Crippen LogP contribution in [-0.2, 0) is 19.1 Å². The minimum Gasteiger partial charge on any atom is -0.472 e. The second-order valence-electron chi connectivity index (χ2n) is 9.05. The van der Waals surface area contributed by atoms with Crippen LogP contribution >= 0.6 is 0 Å². The Labute approximate surface area is 163 Å². The maximum Gasteiger partial charge on any atom is 0.310 e. The third-order valence-corrected chi connectivity index (χ3v) is 7.58. The van der Waals surface area contributed by atoms with E-state index in [-0.39, 0.29) is 24.0 Å². The quantitative estimate of drug-likeness (QED) is 0.757. The lowest BCUT2D eigenvalue weighted by atomic mass is 9.42. The number of furan rings is 1. The van der Waals surface area contributed by atoms with Crippen LogP contribution < -0.4 is 0 Å². The standard InChI is InChI=1S/C21H26O7/c1-20-5-3-12-19(26)28-16(11-4-6-27-10-11)8-21(12,2)18(20)17(25)14(23)7-13(20)15(24)9-22/h4,6,10,12-14,16,18,22-23H,3,5,7-9H2,1-2H3/t12-,13-,14-,16-,18-,20-,21-/m0/s1. The highest BCUT2D eigenvalue weighted by Crippen LogP contribution is 2.64. The number of aliphatic hydroxyl groups excluding tert-OH is 2. The molecule has 0 spiro atoms. The summed E-state index contributed by atoms with van der Waals surface area (Å²) in [4.78, 5) is 38.5. The zero-order chi connectivity index (χ0) is 20.3. The molecule has 0 unspecified atom stereocenters. The molecule has 28 heavy (non-hydrogen) atoms. The Hall–Kier alpha value is -1.99. The second-order valence-corrected chi connectivity index (χ2v) is 9.05. The van der Waals surface area contributed by atoms with Crippen molar-refractivity contribution in [2.75, 3.05) is 6.61 Å². The Morgan fingerprint density at radius 2 is 2.04 bits per heavy atom. The normalized spacial score (nSPS) is 43.1. The van der Waals surface area contributed by atoms with Crippen molar-refractivity contribution < 1.29 is 33.8 Å². The predicted octanol–water partition coefficient (Wildman–Crippen LogP) is 1.82. The van der Waals surface area contributed by atoms with Crippen LogP contribution in [0.4, 0.5) is 0 Å². The largest absolute Gasteiger partial charge is 0.472 e. The van der Waals surface area contributed by atoms with Gasteiger partial charge in [-0.2, -0.15) is 0 Å². The lowest BCUT2D eigenvalue weighted by Gasteiger charge is -2.61. The van der Waals surface area contributed by atoms with E-state index in [9.17, 15) is 24.6 Å². The van der Waals surface area contributed by atoms with Gasteiger partial charge in [0.25, 0.3) is 0 Å². The maximum absolute atomic E-state index is 13.2. The number of Topliss-reactive ketones (excluding diaryl/α,β-unsaturated/α-hetero) is 2. The summed E-state index contributed by atoms with van der Waals surface area (Å²) in [5, 5.41) is 19.9. The molecule has 0 amide bonds. The van der Waals surface area contributed by atoms with Crippen molar-refractivity contribution in [2.45, 2.75) is 51.7 Å². The van der Waals surface area contributed by atoms with Crippen LogP contribution in [-0.4, -0.2) is 40.5 Å². The van der Waals surface area contributed by atoms with Gasteiger partial charge in [0, 0.05) is 17.4 Å². The van der Waals surface area contributed by atoms with Gasteiger partial charge >= 0.3 is 5.97 Å². The van der Waals surface area contributed by atoms with Gasteiger partial charge in [-0.1, -0.05) is 13.8 Å². The third-order valence-electron chi connectivity index (χ3n) is 7.58. The number of fused-ring (bicyclic) bond motifs is 3. The van der Waals surface area contributed by atoms with E-state index in [0.717, 1.165) is 5.56 Å². The van der Waals surface area contributed by atoms with Gasteiger partial charge in [-0.05, 0) is 42.6 Å². The molecule has 0 radical (unpaired) electrons. The van der Waals surface area contributed by atoms with Crippen LogP contribution in [0.3, 0.4) is 0 Å². The highest BCUT2D eigenvalue weighted by atomic mass is 16.5. The molecule has 2 heterocycles. The van der Waals surface area contributed by atoms with Crippen molar-refractivity contribution in [3.8, 4) is 0 Å². The van der Waals surface area contributed by atoms with Gasteiger partial charge in [0.2, 0.25) is 0 Å². The molecule has 4 rings (SSSR count). The van der Waals surface area contributed by atoms with E-state index >= 15 is 0 Å². The van der Waals surface area contributed by atoms with Crippen molar-refractivity contribution >= 4 is 17.5 Å². The highest BCUT2D eigenvalue weighted by Gasteiger charge is 2.66. The van der Waals surface area contributed by atoms with Gasteiger partial charge in [0.05, 0.1) is 18.4 Å². The fourth-order valence-corrected chi connectivity index (χ4v) is 6.27. The molecule has 2 saturated carbocycles. The molecule has 1 aromatic heterocycles. The van der Waals surface area contributed by atoms with Crippen molar-refractivity contribution in [1.82, 2.24) is 0 Å². The van der Waals surface area contributed by atoms with Crippen LogP contribution in [0.15, 0.2) is 23.0 Å². The van der Waals surface area contributed by atoms with E-state index in [2.05, 4.69) is 0 Å². The molecule has 7 atom stereocenters. The summed E-state index contributed by atoms with van der Waals surface area (Å²) in [6.07, 6.45) is 2.70. The maximum atomic E-state index is 13.2. The fourth-order valence-electron chi connectivity index (χ4n) is 6.27. The van der Waals surface area contributed by atoms with E-state index in [1.165, 1.54) is 12.5 Å². The van der Waals surface area contributed by atoms with Crippen LogP contribution in [0.1, 0.15) is 51.2 Å². The second kappa shape index (κ2) is 6.52. The number of ether oxygens (including phenoxy) is 1. The van der Waals surface area contributed by atoms with Crippen molar-refractivity contribution in [3.05, 3.63) is 24.2 Å². The summed E-state index contributed by atoms with van der Waals surface area (Å²) < 4.78 is 10.8. The molecule has 7 heteroatoms. The minimum atomic E-state index is -1.26. The smallest absolute Gasteiger partial charge is 0.310 e. The molecule has 1 aromatic rings. The number of carbonyl (C=O) groups is 3. The van der Waals surface area contributed by atoms with Gasteiger partial charge < -0.3 is 19.4 Å². The number of cyclic esters (lactones) is 1. The molecule has 1 aliphatic heterocycles. The number of hydrogen-bond donors (Lipinski definition) is 2. The first-order valence-corrected chi connectivity index (χ1v) is 9.80. The average molecular weight is 390 g/mol. The zero-order valence-corrected chi connectivity index (χ0v) is 16.1. The molecule has 0 bridgehead atoms. The minimum absolute atomic E-state index is 0.0293. The molecule has 3 aliphatic rings. The number of carbonyl (C=O) groups excluding carboxylic acids is 3. The molecule has 2 N–H and O–H groups in total. The number of hydrogen-bond acceptors (Lipinski definition) is 7. The number of rotatable bonds is 3. The number of esters is 1. The lowest BCUT2D eigenvalue weighted by Crippen LogP contribution is -2.64. The van der Waals surface area contributed by atoms with Crippen LogP contribution in [0.2, 0.25) is 0 Å². The first kappa shape index (κ1) is 19.3. The van der Waals surface area contributed by atoms with Gasteiger partial charge in [-0.25, -0.2) is 0 Å². The van der Waals surface area contributed by atoms with Crippen molar-refractivity contribution in [1.29, 1.82) is 0 Å². The first-order valence-electron chi connectivity index (χ1n) is 9.80. The van der Waals surface area contributed by atoms with E-state index in [1.807, 2.05) is 13.8 Å². The highest BCUT2D eigenvalue weighted by molar-refractivity contribution is 5.93. The molecular formula is C21H26O7.